The van der Waals surface area contributed by atoms with Crippen molar-refractivity contribution in [3.8, 4) is 11.5 Å². The van der Waals surface area contributed by atoms with E-state index in [1.165, 1.54) is 6.21 Å². The van der Waals surface area contributed by atoms with Gasteiger partial charge in [-0.1, -0.05) is 35.9 Å². The van der Waals surface area contributed by atoms with Crippen LogP contribution in [-0.2, 0) is 6.61 Å². The van der Waals surface area contributed by atoms with Crippen molar-refractivity contribution in [3.05, 3.63) is 58.6 Å². The van der Waals surface area contributed by atoms with Gasteiger partial charge in [0.2, 0.25) is 0 Å². The Morgan fingerprint density at radius 1 is 1.20 bits per heavy atom. The van der Waals surface area contributed by atoms with Crippen LogP contribution in [0.5, 0.6) is 11.5 Å². The predicted octanol–water partition coefficient (Wildman–Crippen LogP) is 3.22. The Morgan fingerprint density at radius 2 is 2.00 bits per heavy atom. The molecule has 2 aromatic carbocycles. The van der Waals surface area contributed by atoms with Gasteiger partial charge in [-0.25, -0.2) is 0 Å². The maximum absolute atomic E-state index is 6.11. The van der Waals surface area contributed by atoms with Crippen molar-refractivity contribution in [1.82, 2.24) is 0 Å². The van der Waals surface area contributed by atoms with Crippen molar-refractivity contribution in [2.75, 3.05) is 7.11 Å². The number of benzene rings is 2. The molecule has 20 heavy (non-hydrogen) atoms. The maximum Gasteiger partial charge on any atom is 0.170 e. The van der Waals surface area contributed by atoms with Crippen LogP contribution in [0, 0.1) is 0 Å². The molecule has 4 nitrogen and oxygen atoms in total. The monoisotopic (exact) mass is 290 g/mol. The number of methoxy groups -OCH3 is 1. The zero-order valence-corrected chi connectivity index (χ0v) is 11.8. The van der Waals surface area contributed by atoms with Gasteiger partial charge in [0.05, 0.1) is 13.3 Å². The van der Waals surface area contributed by atoms with Crippen molar-refractivity contribution in [2.24, 2.45) is 10.9 Å². The number of rotatable bonds is 5. The van der Waals surface area contributed by atoms with E-state index < -0.39 is 0 Å². The van der Waals surface area contributed by atoms with Crippen molar-refractivity contribution in [2.45, 2.75) is 6.61 Å². The summed E-state index contributed by atoms with van der Waals surface area (Å²) in [6.07, 6.45) is 1.52. The SMILES string of the molecule is COc1cccc(C=NN)c1OCc1ccccc1Cl. The number of halogens is 1. The molecule has 0 aliphatic heterocycles. The van der Waals surface area contributed by atoms with Gasteiger partial charge in [-0.05, 0) is 18.2 Å². The van der Waals surface area contributed by atoms with Crippen LogP contribution in [0.1, 0.15) is 11.1 Å². The molecule has 2 aromatic rings. The average molecular weight is 291 g/mol. The minimum absolute atomic E-state index is 0.339. The largest absolute Gasteiger partial charge is 0.493 e. The Balaban J connectivity index is 2.26. The first-order valence-corrected chi connectivity index (χ1v) is 6.40. The summed E-state index contributed by atoms with van der Waals surface area (Å²) >= 11 is 6.11. The molecule has 0 bridgehead atoms. The molecule has 2 N–H and O–H groups in total. The third-order valence-electron chi connectivity index (χ3n) is 2.77. The van der Waals surface area contributed by atoms with Crippen molar-refractivity contribution in [1.29, 1.82) is 0 Å². The highest BCUT2D eigenvalue weighted by atomic mass is 35.5. The van der Waals surface area contributed by atoms with Crippen LogP contribution in [0.3, 0.4) is 0 Å². The van der Waals surface area contributed by atoms with Gasteiger partial charge in [0.1, 0.15) is 6.61 Å². The second-order valence-corrected chi connectivity index (χ2v) is 4.44. The number of hydrogen-bond acceptors (Lipinski definition) is 4. The Morgan fingerprint density at radius 3 is 2.70 bits per heavy atom. The Bertz CT molecular complexity index is 615. The fraction of sp³-hybridized carbons (Fsp3) is 0.133. The summed E-state index contributed by atoms with van der Waals surface area (Å²) in [6.45, 7) is 0.339. The Kier molecular flexibility index (Phi) is 4.85. The van der Waals surface area contributed by atoms with Gasteiger partial charge in [-0.3, -0.25) is 0 Å². The summed E-state index contributed by atoms with van der Waals surface area (Å²) < 4.78 is 11.1. The number of hydrazone groups is 1. The summed E-state index contributed by atoms with van der Waals surface area (Å²) in [5, 5.41) is 4.19. The van der Waals surface area contributed by atoms with Crippen LogP contribution in [-0.4, -0.2) is 13.3 Å². The summed E-state index contributed by atoms with van der Waals surface area (Å²) in [6, 6.07) is 13.0. The lowest BCUT2D eigenvalue weighted by molar-refractivity contribution is 0.284. The summed E-state index contributed by atoms with van der Waals surface area (Å²) in [7, 11) is 1.58. The van der Waals surface area contributed by atoms with E-state index >= 15 is 0 Å². The zero-order chi connectivity index (χ0) is 14.4. The molecule has 0 amide bonds. The van der Waals surface area contributed by atoms with Crippen LogP contribution in [0.15, 0.2) is 47.6 Å². The van der Waals surface area contributed by atoms with E-state index in [1.54, 1.807) is 7.11 Å². The summed E-state index contributed by atoms with van der Waals surface area (Å²) in [5.41, 5.74) is 1.65. The summed E-state index contributed by atoms with van der Waals surface area (Å²) in [5.74, 6) is 6.41. The molecule has 104 valence electrons. The van der Waals surface area contributed by atoms with Gasteiger partial charge in [0.25, 0.3) is 0 Å². The number of nitrogens with zero attached hydrogens (tertiary/aromatic N) is 1. The van der Waals surface area contributed by atoms with Crippen molar-refractivity contribution in [3.63, 3.8) is 0 Å². The van der Waals surface area contributed by atoms with E-state index in [1.807, 2.05) is 42.5 Å². The number of nitrogens with two attached hydrogens (primary N) is 1. The van der Waals surface area contributed by atoms with E-state index in [-0.39, 0.29) is 0 Å². The minimum Gasteiger partial charge on any atom is -0.493 e. The standard InChI is InChI=1S/C15H15ClN2O2/c1-19-14-8-4-6-11(9-18-17)15(14)20-10-12-5-2-3-7-13(12)16/h2-9H,10,17H2,1H3. The average Bonchev–Trinajstić information content (AvgIpc) is 2.47. The van der Waals surface area contributed by atoms with Crippen LogP contribution in [0.25, 0.3) is 0 Å². The van der Waals surface area contributed by atoms with Crippen LogP contribution in [0.2, 0.25) is 5.02 Å². The van der Waals surface area contributed by atoms with E-state index in [9.17, 15) is 0 Å². The second-order valence-electron chi connectivity index (χ2n) is 4.04. The molecule has 0 aliphatic carbocycles. The molecule has 5 heteroatoms. The Labute approximate surface area is 122 Å². The quantitative estimate of drug-likeness (QED) is 0.522. The molecule has 0 saturated heterocycles. The third kappa shape index (κ3) is 3.22. The van der Waals surface area contributed by atoms with E-state index in [0.29, 0.717) is 23.1 Å². The molecule has 0 radical (unpaired) electrons. The molecule has 0 aromatic heterocycles. The van der Waals surface area contributed by atoms with Gasteiger partial charge in [0.15, 0.2) is 11.5 Å². The lowest BCUT2D eigenvalue weighted by Gasteiger charge is -2.13. The predicted molar refractivity (Wildman–Crippen MR) is 80.6 cm³/mol. The van der Waals surface area contributed by atoms with Gasteiger partial charge >= 0.3 is 0 Å². The highest BCUT2D eigenvalue weighted by Gasteiger charge is 2.10. The van der Waals surface area contributed by atoms with Gasteiger partial charge in [-0.15, -0.1) is 0 Å². The van der Waals surface area contributed by atoms with Gasteiger partial charge in [-0.2, -0.15) is 5.10 Å². The molecule has 0 fully saturated rings. The lowest BCUT2D eigenvalue weighted by Crippen LogP contribution is -2.01. The molecule has 0 aliphatic rings. The van der Waals surface area contributed by atoms with Crippen molar-refractivity contribution >= 4 is 17.8 Å². The first-order valence-electron chi connectivity index (χ1n) is 6.02. The van der Waals surface area contributed by atoms with E-state index in [4.69, 9.17) is 26.9 Å². The highest BCUT2D eigenvalue weighted by Crippen LogP contribution is 2.31. The zero-order valence-electron chi connectivity index (χ0n) is 11.0. The van der Waals surface area contributed by atoms with Crippen LogP contribution >= 0.6 is 11.6 Å². The normalized spacial score (nSPS) is 10.7. The molecule has 2 rings (SSSR count). The first-order chi connectivity index (χ1) is 9.76. The third-order valence-corrected chi connectivity index (χ3v) is 3.14. The van der Waals surface area contributed by atoms with Gasteiger partial charge in [0, 0.05) is 16.1 Å². The topological polar surface area (TPSA) is 56.8 Å². The first kappa shape index (κ1) is 14.2. The molecule has 0 atom stereocenters. The Hall–Kier alpha value is -2.20. The molecule has 0 heterocycles. The number of hydrogen-bond donors (Lipinski definition) is 1. The molecule has 0 unspecified atom stereocenters. The summed E-state index contributed by atoms with van der Waals surface area (Å²) in [4.78, 5) is 0. The fourth-order valence-electron chi connectivity index (χ4n) is 1.80. The maximum atomic E-state index is 6.11. The molecule has 0 saturated carbocycles. The molecular formula is C15H15ClN2O2. The highest BCUT2D eigenvalue weighted by molar-refractivity contribution is 6.31. The minimum atomic E-state index is 0.339. The van der Waals surface area contributed by atoms with E-state index in [2.05, 4.69) is 5.10 Å². The fourth-order valence-corrected chi connectivity index (χ4v) is 1.99. The second kappa shape index (κ2) is 6.82. The number of para-hydroxylation sites is 1. The van der Waals surface area contributed by atoms with Crippen molar-refractivity contribution < 1.29 is 9.47 Å². The number of ether oxygens (including phenoxy) is 2. The lowest BCUT2D eigenvalue weighted by atomic mass is 10.2. The smallest absolute Gasteiger partial charge is 0.170 e. The molecular weight excluding hydrogens is 276 g/mol. The van der Waals surface area contributed by atoms with Crippen LogP contribution < -0.4 is 15.3 Å². The van der Waals surface area contributed by atoms with Gasteiger partial charge < -0.3 is 15.3 Å². The van der Waals surface area contributed by atoms with Crippen LogP contribution in [0.4, 0.5) is 0 Å². The molecule has 0 spiro atoms. The van der Waals surface area contributed by atoms with E-state index in [0.717, 1.165) is 11.1 Å².